The van der Waals surface area contributed by atoms with Gasteiger partial charge in [-0.1, -0.05) is 0 Å². The second kappa shape index (κ2) is 4.57. The lowest BCUT2D eigenvalue weighted by Crippen LogP contribution is -2.59. The molecule has 1 aromatic heterocycles. The fraction of sp³-hybridized carbons (Fsp3) is 0.545. The SMILES string of the molecule is O=C(CCn1cccn1)NC1(C(=O)O)CCC1. The second-order valence-corrected chi connectivity index (χ2v) is 4.31. The van der Waals surface area contributed by atoms with Crippen molar-refractivity contribution in [2.45, 2.75) is 37.8 Å². The van der Waals surface area contributed by atoms with Gasteiger partial charge in [0.1, 0.15) is 5.54 Å². The Morgan fingerprint density at radius 3 is 2.71 bits per heavy atom. The van der Waals surface area contributed by atoms with Crippen LogP contribution in [0.1, 0.15) is 25.7 Å². The van der Waals surface area contributed by atoms with E-state index in [4.69, 9.17) is 5.11 Å². The van der Waals surface area contributed by atoms with Crippen LogP contribution in [0.15, 0.2) is 18.5 Å². The number of carbonyl (C=O) groups is 2. The molecule has 1 aliphatic carbocycles. The lowest BCUT2D eigenvalue weighted by Gasteiger charge is -2.38. The number of hydrogen-bond donors (Lipinski definition) is 2. The third-order valence-electron chi connectivity index (χ3n) is 3.12. The van der Waals surface area contributed by atoms with Gasteiger partial charge in [0.15, 0.2) is 0 Å². The standard InChI is InChI=1S/C11H15N3O3/c15-9(3-8-14-7-2-6-12-14)13-11(10(16)17)4-1-5-11/h2,6-7H,1,3-5,8H2,(H,13,15)(H,16,17). The number of hydrogen-bond acceptors (Lipinski definition) is 3. The quantitative estimate of drug-likeness (QED) is 0.776. The number of aromatic nitrogens is 2. The molecule has 6 heteroatoms. The highest BCUT2D eigenvalue weighted by molar-refractivity contribution is 5.87. The number of aryl methyl sites for hydroxylation is 1. The van der Waals surface area contributed by atoms with Crippen LogP contribution < -0.4 is 5.32 Å². The summed E-state index contributed by atoms with van der Waals surface area (Å²) in [5.41, 5.74) is -1.01. The molecule has 0 aromatic carbocycles. The minimum atomic E-state index is -1.01. The van der Waals surface area contributed by atoms with E-state index in [9.17, 15) is 9.59 Å². The molecule has 17 heavy (non-hydrogen) atoms. The van der Waals surface area contributed by atoms with Crippen LogP contribution in [0.3, 0.4) is 0 Å². The van der Waals surface area contributed by atoms with Crippen LogP contribution in [-0.2, 0) is 16.1 Å². The van der Waals surface area contributed by atoms with Gasteiger partial charge >= 0.3 is 5.97 Å². The minimum Gasteiger partial charge on any atom is -0.480 e. The molecule has 1 amide bonds. The fourth-order valence-electron chi connectivity index (χ4n) is 1.90. The predicted molar refractivity (Wildman–Crippen MR) is 59.2 cm³/mol. The van der Waals surface area contributed by atoms with E-state index in [0.717, 1.165) is 6.42 Å². The lowest BCUT2D eigenvalue weighted by atomic mass is 9.76. The molecule has 0 unspecified atom stereocenters. The first-order chi connectivity index (χ1) is 8.12. The molecule has 0 atom stereocenters. The Balaban J connectivity index is 1.83. The van der Waals surface area contributed by atoms with E-state index in [1.165, 1.54) is 0 Å². The van der Waals surface area contributed by atoms with E-state index >= 15 is 0 Å². The first-order valence-electron chi connectivity index (χ1n) is 5.64. The number of carbonyl (C=O) groups excluding carboxylic acids is 1. The number of aliphatic carboxylic acids is 1. The molecule has 0 aliphatic heterocycles. The smallest absolute Gasteiger partial charge is 0.329 e. The first-order valence-corrected chi connectivity index (χ1v) is 5.64. The van der Waals surface area contributed by atoms with Gasteiger partial charge < -0.3 is 10.4 Å². The molecule has 2 rings (SSSR count). The van der Waals surface area contributed by atoms with Crippen LogP contribution in [0.25, 0.3) is 0 Å². The molecule has 0 spiro atoms. The van der Waals surface area contributed by atoms with Crippen LogP contribution in [0, 0.1) is 0 Å². The highest BCUT2D eigenvalue weighted by Crippen LogP contribution is 2.32. The van der Waals surface area contributed by atoms with E-state index in [-0.39, 0.29) is 12.3 Å². The van der Waals surface area contributed by atoms with E-state index in [0.29, 0.717) is 19.4 Å². The molecule has 6 nitrogen and oxygen atoms in total. The van der Waals surface area contributed by atoms with Crippen molar-refractivity contribution in [3.63, 3.8) is 0 Å². The number of carboxylic acids is 1. The molecule has 0 saturated heterocycles. The molecular weight excluding hydrogens is 222 g/mol. The average molecular weight is 237 g/mol. The van der Waals surface area contributed by atoms with Gasteiger partial charge in [-0.25, -0.2) is 4.79 Å². The van der Waals surface area contributed by atoms with Gasteiger partial charge in [-0.2, -0.15) is 5.10 Å². The van der Waals surface area contributed by atoms with Crippen molar-refractivity contribution in [3.8, 4) is 0 Å². The Morgan fingerprint density at radius 1 is 1.47 bits per heavy atom. The maximum absolute atomic E-state index is 11.6. The van der Waals surface area contributed by atoms with Gasteiger partial charge in [-0.3, -0.25) is 9.48 Å². The summed E-state index contributed by atoms with van der Waals surface area (Å²) in [4.78, 5) is 22.7. The van der Waals surface area contributed by atoms with E-state index in [1.807, 2.05) is 0 Å². The summed E-state index contributed by atoms with van der Waals surface area (Å²) in [7, 11) is 0. The summed E-state index contributed by atoms with van der Waals surface area (Å²) in [5.74, 6) is -1.17. The summed E-state index contributed by atoms with van der Waals surface area (Å²) in [6.07, 6.45) is 5.56. The molecular formula is C11H15N3O3. The maximum Gasteiger partial charge on any atom is 0.329 e. The van der Waals surface area contributed by atoms with Crippen LogP contribution >= 0.6 is 0 Å². The number of amides is 1. The summed E-state index contributed by atoms with van der Waals surface area (Å²) in [5, 5.41) is 15.6. The van der Waals surface area contributed by atoms with Crippen molar-refractivity contribution < 1.29 is 14.7 Å². The van der Waals surface area contributed by atoms with Crippen molar-refractivity contribution in [2.75, 3.05) is 0 Å². The topological polar surface area (TPSA) is 84.2 Å². The molecule has 0 bridgehead atoms. The van der Waals surface area contributed by atoms with Gasteiger partial charge in [0.2, 0.25) is 5.91 Å². The zero-order chi connectivity index (χ0) is 12.3. The average Bonchev–Trinajstić information content (AvgIpc) is 2.72. The highest BCUT2D eigenvalue weighted by Gasteiger charge is 2.45. The van der Waals surface area contributed by atoms with E-state index < -0.39 is 11.5 Å². The van der Waals surface area contributed by atoms with Crippen molar-refractivity contribution >= 4 is 11.9 Å². The fourth-order valence-corrected chi connectivity index (χ4v) is 1.90. The summed E-state index contributed by atoms with van der Waals surface area (Å²) >= 11 is 0. The predicted octanol–water partition coefficient (Wildman–Crippen LogP) is 0.397. The number of nitrogens with one attached hydrogen (secondary N) is 1. The zero-order valence-electron chi connectivity index (χ0n) is 9.43. The van der Waals surface area contributed by atoms with Gasteiger partial charge in [-0.15, -0.1) is 0 Å². The molecule has 92 valence electrons. The van der Waals surface area contributed by atoms with Gasteiger partial charge in [-0.05, 0) is 25.3 Å². The Morgan fingerprint density at radius 2 is 2.24 bits per heavy atom. The number of rotatable bonds is 5. The summed E-state index contributed by atoms with van der Waals surface area (Å²) < 4.78 is 1.65. The Hall–Kier alpha value is -1.85. The summed E-state index contributed by atoms with van der Waals surface area (Å²) in [6.45, 7) is 0.467. The van der Waals surface area contributed by atoms with Crippen molar-refractivity contribution in [2.24, 2.45) is 0 Å². The Kier molecular flexibility index (Phi) is 3.12. The Labute approximate surface area is 98.6 Å². The summed E-state index contributed by atoms with van der Waals surface area (Å²) in [6, 6.07) is 1.78. The third kappa shape index (κ3) is 2.46. The van der Waals surface area contributed by atoms with Crippen LogP contribution in [0.5, 0.6) is 0 Å². The molecule has 1 aromatic rings. The highest BCUT2D eigenvalue weighted by atomic mass is 16.4. The normalized spacial score (nSPS) is 17.2. The molecule has 1 fully saturated rings. The van der Waals surface area contributed by atoms with Crippen LogP contribution in [0.4, 0.5) is 0 Å². The van der Waals surface area contributed by atoms with Crippen LogP contribution in [0.2, 0.25) is 0 Å². The number of nitrogens with zero attached hydrogens (tertiary/aromatic N) is 2. The minimum absolute atomic E-state index is 0.234. The zero-order valence-corrected chi connectivity index (χ0v) is 9.43. The van der Waals surface area contributed by atoms with Crippen molar-refractivity contribution in [1.82, 2.24) is 15.1 Å². The van der Waals surface area contributed by atoms with Crippen molar-refractivity contribution in [1.29, 1.82) is 0 Å². The van der Waals surface area contributed by atoms with Gasteiger partial charge in [0.25, 0.3) is 0 Å². The molecule has 1 aliphatic rings. The molecule has 1 heterocycles. The monoisotopic (exact) mass is 237 g/mol. The Bertz CT molecular complexity index is 410. The van der Waals surface area contributed by atoms with Crippen LogP contribution in [-0.4, -0.2) is 32.3 Å². The van der Waals surface area contributed by atoms with Gasteiger partial charge in [0.05, 0.1) is 0 Å². The van der Waals surface area contributed by atoms with E-state index in [2.05, 4.69) is 10.4 Å². The molecule has 1 saturated carbocycles. The second-order valence-electron chi connectivity index (χ2n) is 4.31. The number of carboxylic acid groups (broad SMARTS) is 1. The third-order valence-corrected chi connectivity index (χ3v) is 3.12. The maximum atomic E-state index is 11.6. The first kappa shape index (κ1) is 11.6. The molecule has 0 radical (unpaired) electrons. The largest absolute Gasteiger partial charge is 0.480 e. The molecule has 2 N–H and O–H groups in total. The van der Waals surface area contributed by atoms with Gasteiger partial charge in [0, 0.05) is 25.4 Å². The lowest BCUT2D eigenvalue weighted by molar-refractivity contribution is -0.151. The van der Waals surface area contributed by atoms with Crippen molar-refractivity contribution in [3.05, 3.63) is 18.5 Å². The van der Waals surface area contributed by atoms with E-state index in [1.54, 1.807) is 23.1 Å².